The number of carbonyl (C=O) groups excluding carboxylic acids is 1. The molecule has 0 bridgehead atoms. The lowest BCUT2D eigenvalue weighted by atomic mass is 10.3. The highest BCUT2D eigenvalue weighted by atomic mass is 19.1. The first-order valence-corrected chi connectivity index (χ1v) is 4.31. The van der Waals surface area contributed by atoms with Gasteiger partial charge in [0.05, 0.1) is 12.7 Å². The van der Waals surface area contributed by atoms with Crippen molar-refractivity contribution in [2.45, 2.75) is 6.10 Å². The van der Waals surface area contributed by atoms with Crippen LogP contribution in [0.15, 0.2) is 18.3 Å². The lowest BCUT2D eigenvalue weighted by Gasteiger charge is -2.06. The van der Waals surface area contributed by atoms with Gasteiger partial charge in [0, 0.05) is 0 Å². The molecule has 3 N–H and O–H groups in total. The highest BCUT2D eigenvalue weighted by Gasteiger charge is 2.15. The molecule has 1 rings (SSSR count). The molecule has 0 aromatic carbocycles. The smallest absolute Gasteiger partial charge is 0.334 e. The average molecular weight is 228 g/mol. The number of carboxylic acid groups (broad SMARTS) is 1. The van der Waals surface area contributed by atoms with Gasteiger partial charge >= 0.3 is 5.97 Å². The normalized spacial score (nSPS) is 11.9. The van der Waals surface area contributed by atoms with Crippen molar-refractivity contribution in [3.8, 4) is 0 Å². The number of nitrogens with zero attached hydrogens (tertiary/aromatic N) is 1. The number of aliphatic carboxylic acids is 1. The second-order valence-electron chi connectivity index (χ2n) is 2.93. The number of aromatic nitrogens is 1. The molecule has 1 unspecified atom stereocenters. The third-order valence-electron chi connectivity index (χ3n) is 1.70. The maximum absolute atomic E-state index is 12.5. The van der Waals surface area contributed by atoms with Crippen LogP contribution in [-0.2, 0) is 4.79 Å². The van der Waals surface area contributed by atoms with Gasteiger partial charge in [-0.3, -0.25) is 4.79 Å². The summed E-state index contributed by atoms with van der Waals surface area (Å²) in [5, 5.41) is 19.4. The zero-order valence-electron chi connectivity index (χ0n) is 8.05. The summed E-state index contributed by atoms with van der Waals surface area (Å²) in [6.07, 6.45) is -0.813. The molecule has 0 aliphatic rings. The van der Waals surface area contributed by atoms with E-state index in [1.165, 1.54) is 0 Å². The minimum atomic E-state index is -1.68. The molecule has 0 aliphatic heterocycles. The standard InChI is InChI=1S/C9H9FN2O4/c10-5-1-2-6(11-3-5)8(14)12-4-7(13)9(15)16/h1-3,7,13H,4H2,(H,12,14)(H,15,16). The van der Waals surface area contributed by atoms with Gasteiger partial charge in [0.15, 0.2) is 6.10 Å². The molecule has 1 amide bonds. The van der Waals surface area contributed by atoms with Gasteiger partial charge in [0.25, 0.3) is 5.91 Å². The third kappa shape index (κ3) is 3.28. The van der Waals surface area contributed by atoms with Crippen LogP contribution in [0.25, 0.3) is 0 Å². The maximum atomic E-state index is 12.5. The summed E-state index contributed by atoms with van der Waals surface area (Å²) < 4.78 is 12.5. The Morgan fingerprint density at radius 1 is 1.50 bits per heavy atom. The van der Waals surface area contributed by atoms with Crippen LogP contribution in [-0.4, -0.2) is 39.7 Å². The predicted molar refractivity (Wildman–Crippen MR) is 50.2 cm³/mol. The van der Waals surface area contributed by atoms with E-state index in [0.717, 1.165) is 18.3 Å². The number of carbonyl (C=O) groups is 2. The summed E-state index contributed by atoms with van der Waals surface area (Å²) in [6, 6.07) is 2.20. The number of carboxylic acids is 1. The van der Waals surface area contributed by atoms with Crippen molar-refractivity contribution in [2.24, 2.45) is 0 Å². The first kappa shape index (κ1) is 12.1. The first-order valence-electron chi connectivity index (χ1n) is 4.31. The Morgan fingerprint density at radius 3 is 2.69 bits per heavy atom. The summed E-state index contributed by atoms with van der Waals surface area (Å²) in [7, 11) is 0. The zero-order chi connectivity index (χ0) is 12.1. The molecule has 6 nitrogen and oxygen atoms in total. The quantitative estimate of drug-likeness (QED) is 0.638. The van der Waals surface area contributed by atoms with Gasteiger partial charge in [-0.1, -0.05) is 0 Å². The van der Waals surface area contributed by atoms with E-state index in [1.807, 2.05) is 0 Å². The topological polar surface area (TPSA) is 99.5 Å². The monoisotopic (exact) mass is 228 g/mol. The van der Waals surface area contributed by atoms with E-state index < -0.39 is 30.3 Å². The Balaban J connectivity index is 2.53. The number of amides is 1. The fourth-order valence-corrected chi connectivity index (χ4v) is 0.877. The summed E-state index contributed by atoms with van der Waals surface area (Å²) in [4.78, 5) is 25.0. The van der Waals surface area contributed by atoms with E-state index in [1.54, 1.807) is 0 Å². The van der Waals surface area contributed by atoms with Gasteiger partial charge in [0.1, 0.15) is 11.5 Å². The van der Waals surface area contributed by atoms with Crippen LogP contribution in [0.2, 0.25) is 0 Å². The SMILES string of the molecule is O=C(NCC(O)C(=O)O)c1ccc(F)cn1. The molecule has 1 aromatic heterocycles. The van der Waals surface area contributed by atoms with Crippen LogP contribution in [0.5, 0.6) is 0 Å². The fourth-order valence-electron chi connectivity index (χ4n) is 0.877. The molecule has 1 atom stereocenters. The van der Waals surface area contributed by atoms with Gasteiger partial charge in [-0.2, -0.15) is 0 Å². The van der Waals surface area contributed by atoms with Gasteiger partial charge in [0.2, 0.25) is 0 Å². The second kappa shape index (κ2) is 5.17. The largest absolute Gasteiger partial charge is 0.479 e. The van der Waals surface area contributed by atoms with Gasteiger partial charge in [-0.15, -0.1) is 0 Å². The fraction of sp³-hybridized carbons (Fsp3) is 0.222. The van der Waals surface area contributed by atoms with Gasteiger partial charge in [-0.25, -0.2) is 14.2 Å². The highest BCUT2D eigenvalue weighted by Crippen LogP contribution is 1.97. The predicted octanol–water partition coefficient (Wildman–Crippen LogP) is -0.604. The molecule has 0 saturated heterocycles. The van der Waals surface area contributed by atoms with Crippen LogP contribution >= 0.6 is 0 Å². The first-order chi connectivity index (χ1) is 7.50. The number of rotatable bonds is 4. The Morgan fingerprint density at radius 2 is 2.19 bits per heavy atom. The Bertz CT molecular complexity index is 393. The molecule has 7 heteroatoms. The average Bonchev–Trinajstić information content (AvgIpc) is 2.26. The van der Waals surface area contributed by atoms with Crippen molar-refractivity contribution in [1.29, 1.82) is 0 Å². The van der Waals surface area contributed by atoms with E-state index >= 15 is 0 Å². The van der Waals surface area contributed by atoms with Crippen LogP contribution in [0.3, 0.4) is 0 Å². The molecule has 0 saturated carbocycles. The molecule has 16 heavy (non-hydrogen) atoms. The molecule has 1 heterocycles. The summed E-state index contributed by atoms with van der Waals surface area (Å²) in [5.41, 5.74) is -0.0565. The van der Waals surface area contributed by atoms with Gasteiger partial charge in [-0.05, 0) is 12.1 Å². The molecule has 0 spiro atoms. The van der Waals surface area contributed by atoms with Gasteiger partial charge < -0.3 is 15.5 Å². The molecular formula is C9H9FN2O4. The minimum absolute atomic E-state index is 0.0565. The lowest BCUT2D eigenvalue weighted by Crippen LogP contribution is -2.36. The van der Waals surface area contributed by atoms with Crippen molar-refractivity contribution in [3.63, 3.8) is 0 Å². The van der Waals surface area contributed by atoms with E-state index in [2.05, 4.69) is 10.3 Å². The number of aliphatic hydroxyl groups is 1. The van der Waals surface area contributed by atoms with Crippen molar-refractivity contribution < 1.29 is 24.2 Å². The van der Waals surface area contributed by atoms with Crippen molar-refractivity contribution in [2.75, 3.05) is 6.54 Å². The van der Waals surface area contributed by atoms with E-state index in [-0.39, 0.29) is 5.69 Å². The van der Waals surface area contributed by atoms with Crippen LogP contribution in [0, 0.1) is 5.82 Å². The minimum Gasteiger partial charge on any atom is -0.479 e. The van der Waals surface area contributed by atoms with Crippen LogP contribution in [0.1, 0.15) is 10.5 Å². The Labute approximate surface area is 89.7 Å². The highest BCUT2D eigenvalue weighted by molar-refractivity contribution is 5.92. The number of pyridine rings is 1. The molecule has 0 aliphatic carbocycles. The van der Waals surface area contributed by atoms with E-state index in [9.17, 15) is 14.0 Å². The number of hydrogen-bond acceptors (Lipinski definition) is 4. The lowest BCUT2D eigenvalue weighted by molar-refractivity contribution is -0.146. The van der Waals surface area contributed by atoms with E-state index in [0.29, 0.717) is 0 Å². The Hall–Kier alpha value is -2.02. The number of nitrogens with one attached hydrogen (secondary N) is 1. The summed E-state index contributed by atoms with van der Waals surface area (Å²) in [6.45, 7) is -0.437. The molecule has 86 valence electrons. The van der Waals surface area contributed by atoms with Crippen molar-refractivity contribution in [1.82, 2.24) is 10.3 Å². The van der Waals surface area contributed by atoms with Crippen molar-refractivity contribution >= 4 is 11.9 Å². The number of aliphatic hydroxyl groups excluding tert-OH is 1. The van der Waals surface area contributed by atoms with Crippen LogP contribution in [0.4, 0.5) is 4.39 Å². The third-order valence-corrected chi connectivity index (χ3v) is 1.70. The molecule has 0 fully saturated rings. The maximum Gasteiger partial charge on any atom is 0.334 e. The molecule has 1 aromatic rings. The van der Waals surface area contributed by atoms with Crippen molar-refractivity contribution in [3.05, 3.63) is 29.8 Å². The van der Waals surface area contributed by atoms with Crippen LogP contribution < -0.4 is 5.32 Å². The summed E-state index contributed by atoms with van der Waals surface area (Å²) >= 11 is 0. The number of hydrogen-bond donors (Lipinski definition) is 3. The molecular weight excluding hydrogens is 219 g/mol. The van der Waals surface area contributed by atoms with E-state index in [4.69, 9.17) is 10.2 Å². The Kier molecular flexibility index (Phi) is 3.90. The second-order valence-corrected chi connectivity index (χ2v) is 2.93. The molecule has 0 radical (unpaired) electrons. The zero-order valence-corrected chi connectivity index (χ0v) is 8.05. The summed E-state index contributed by atoms with van der Waals surface area (Å²) in [5.74, 6) is -2.70. The number of halogens is 1.